The number of aromatic nitrogens is 1. The summed E-state index contributed by atoms with van der Waals surface area (Å²) in [5.74, 6) is -1.22. The van der Waals surface area contributed by atoms with Gasteiger partial charge in [-0.15, -0.1) is 0 Å². The molecule has 142 valence electrons. The number of aliphatic carboxylic acids is 1. The Bertz CT molecular complexity index is 1150. The van der Waals surface area contributed by atoms with Crippen molar-refractivity contribution in [3.05, 3.63) is 68.8 Å². The summed E-state index contributed by atoms with van der Waals surface area (Å²) >= 11 is 9.58. The number of aromatic amines is 1. The largest absolute Gasteiger partial charge is 0.481 e. The van der Waals surface area contributed by atoms with Crippen molar-refractivity contribution >= 4 is 61.5 Å². The van der Waals surface area contributed by atoms with Gasteiger partial charge in [0.05, 0.1) is 12.0 Å². The molecule has 0 radical (unpaired) electrons. The molecule has 7 heteroatoms. The number of carbonyl (C=O) groups excluding carboxylic acids is 1. The molecule has 0 unspecified atom stereocenters. The van der Waals surface area contributed by atoms with E-state index in [1.165, 1.54) is 0 Å². The number of hydrogen-bond donors (Lipinski definition) is 3. The summed E-state index contributed by atoms with van der Waals surface area (Å²) in [6, 6.07) is 13.4. The minimum Gasteiger partial charge on any atom is -0.481 e. The molecule has 0 atom stereocenters. The Morgan fingerprint density at radius 2 is 2.00 bits per heavy atom. The zero-order valence-electron chi connectivity index (χ0n) is 14.7. The maximum atomic E-state index is 12.9. The van der Waals surface area contributed by atoms with Gasteiger partial charge in [-0.25, -0.2) is 0 Å². The molecule has 0 saturated carbocycles. The fourth-order valence-corrected chi connectivity index (χ4v) is 4.11. The van der Waals surface area contributed by atoms with Crippen LogP contribution in [-0.4, -0.2) is 28.5 Å². The Balaban J connectivity index is 1.77. The summed E-state index contributed by atoms with van der Waals surface area (Å²) in [6.07, 6.45) is 0.490. The molecule has 0 spiro atoms. The lowest BCUT2D eigenvalue weighted by atomic mass is 10.0. The zero-order valence-corrected chi connectivity index (χ0v) is 17.0. The first-order valence-corrected chi connectivity index (χ1v) is 9.90. The highest BCUT2D eigenvalue weighted by molar-refractivity contribution is 9.10. The van der Waals surface area contributed by atoms with E-state index >= 15 is 0 Å². The monoisotopic (exact) mass is 458 g/mol. The van der Waals surface area contributed by atoms with Gasteiger partial charge in [-0.1, -0.05) is 33.6 Å². The Morgan fingerprint density at radius 3 is 2.79 bits per heavy atom. The molecule has 0 fully saturated rings. The van der Waals surface area contributed by atoms with E-state index in [-0.39, 0.29) is 18.9 Å². The van der Waals surface area contributed by atoms with Crippen molar-refractivity contribution in [3.8, 4) is 0 Å². The molecule has 1 heterocycles. The summed E-state index contributed by atoms with van der Waals surface area (Å²) in [5.41, 5.74) is 5.16. The molecule has 1 aromatic heterocycles. The van der Waals surface area contributed by atoms with Crippen LogP contribution >= 0.6 is 27.5 Å². The molecular formula is C21H16BrClN2O3. The minimum absolute atomic E-state index is 0.0825. The number of carbonyl (C=O) groups is 2. The lowest BCUT2D eigenvalue weighted by Gasteiger charge is -2.09. The van der Waals surface area contributed by atoms with Crippen molar-refractivity contribution in [1.29, 1.82) is 0 Å². The van der Waals surface area contributed by atoms with Gasteiger partial charge in [-0.2, -0.15) is 0 Å². The predicted octanol–water partition coefficient (Wildman–Crippen LogP) is 4.64. The predicted molar refractivity (Wildman–Crippen MR) is 113 cm³/mol. The Kier molecular flexibility index (Phi) is 5.00. The first-order chi connectivity index (χ1) is 13.4. The number of benzene rings is 2. The minimum atomic E-state index is -0.947. The van der Waals surface area contributed by atoms with Gasteiger partial charge in [0.1, 0.15) is 0 Å². The number of halogens is 2. The van der Waals surface area contributed by atoms with Gasteiger partial charge < -0.3 is 15.4 Å². The Hall–Kier alpha value is -2.57. The first kappa shape index (κ1) is 18.8. The molecule has 3 aromatic rings. The fourth-order valence-electron chi connectivity index (χ4n) is 3.52. The summed E-state index contributed by atoms with van der Waals surface area (Å²) in [5, 5.41) is 13.2. The molecule has 0 bridgehead atoms. The highest BCUT2D eigenvalue weighted by atomic mass is 79.9. The summed E-state index contributed by atoms with van der Waals surface area (Å²) < 4.78 is 0.946. The van der Waals surface area contributed by atoms with Crippen LogP contribution in [0, 0.1) is 0 Å². The smallest absolute Gasteiger partial charge is 0.305 e. The molecule has 1 aliphatic carbocycles. The van der Waals surface area contributed by atoms with Crippen LogP contribution in [0.5, 0.6) is 0 Å². The standard InChI is InChI=1S/C21H16BrClN2O3/c22-13-1-3-15-11(7-13)9-16(20(15)21(28)24-6-5-19(26)27)18-10-12-8-14(23)2-4-17(12)25-18/h1-4,7-8,10,25H,5-6,9H2,(H,24,28)(H,26,27). The van der Waals surface area contributed by atoms with Crippen LogP contribution < -0.4 is 5.32 Å². The molecule has 1 aliphatic rings. The normalized spacial score (nSPS) is 13.1. The second kappa shape index (κ2) is 7.45. The van der Waals surface area contributed by atoms with Gasteiger partial charge >= 0.3 is 5.97 Å². The average molecular weight is 460 g/mol. The third-order valence-corrected chi connectivity index (χ3v) is 5.49. The van der Waals surface area contributed by atoms with Gasteiger partial charge in [0.25, 0.3) is 5.91 Å². The van der Waals surface area contributed by atoms with Gasteiger partial charge in [-0.05, 0) is 53.1 Å². The quantitative estimate of drug-likeness (QED) is 0.520. The number of allylic oxidation sites excluding steroid dienone is 1. The van der Waals surface area contributed by atoms with Crippen molar-refractivity contribution in [1.82, 2.24) is 10.3 Å². The van der Waals surface area contributed by atoms with Crippen molar-refractivity contribution in [2.75, 3.05) is 6.54 Å². The van der Waals surface area contributed by atoms with Gasteiger partial charge in [0.2, 0.25) is 0 Å². The molecule has 2 aromatic carbocycles. The van der Waals surface area contributed by atoms with E-state index in [4.69, 9.17) is 16.7 Å². The van der Waals surface area contributed by atoms with Crippen molar-refractivity contribution in [3.63, 3.8) is 0 Å². The van der Waals surface area contributed by atoms with E-state index in [2.05, 4.69) is 26.2 Å². The van der Waals surface area contributed by atoms with Crippen LogP contribution in [0.2, 0.25) is 5.02 Å². The fraction of sp³-hybridized carbons (Fsp3) is 0.143. The number of H-pyrrole nitrogens is 1. The zero-order chi connectivity index (χ0) is 19.8. The van der Waals surface area contributed by atoms with Crippen LogP contribution in [-0.2, 0) is 16.0 Å². The highest BCUT2D eigenvalue weighted by Crippen LogP contribution is 2.40. The average Bonchev–Trinajstić information content (AvgIpc) is 3.21. The molecule has 0 aliphatic heterocycles. The van der Waals surface area contributed by atoms with E-state index in [0.29, 0.717) is 17.0 Å². The van der Waals surface area contributed by atoms with Crippen molar-refractivity contribution < 1.29 is 14.7 Å². The molecule has 28 heavy (non-hydrogen) atoms. The molecule has 5 nitrogen and oxygen atoms in total. The number of hydrogen-bond acceptors (Lipinski definition) is 2. The Morgan fingerprint density at radius 1 is 1.18 bits per heavy atom. The van der Waals surface area contributed by atoms with E-state index in [1.54, 1.807) is 0 Å². The lowest BCUT2D eigenvalue weighted by Crippen LogP contribution is -2.27. The van der Waals surface area contributed by atoms with E-state index < -0.39 is 5.97 Å². The van der Waals surface area contributed by atoms with Crippen LogP contribution in [0.15, 0.2) is 46.9 Å². The van der Waals surface area contributed by atoms with Gasteiger partial charge in [-0.3, -0.25) is 9.59 Å². The SMILES string of the molecule is O=C(O)CCNC(=O)C1=C(c2cc3cc(Cl)ccc3[nH]2)Cc2cc(Br)ccc21. The molecule has 0 saturated heterocycles. The van der Waals surface area contributed by atoms with Crippen LogP contribution in [0.3, 0.4) is 0 Å². The van der Waals surface area contributed by atoms with Crippen molar-refractivity contribution in [2.24, 2.45) is 0 Å². The number of carboxylic acid groups (broad SMARTS) is 1. The van der Waals surface area contributed by atoms with E-state index in [9.17, 15) is 9.59 Å². The molecule has 1 amide bonds. The summed E-state index contributed by atoms with van der Waals surface area (Å²) in [6.45, 7) is 0.0825. The van der Waals surface area contributed by atoms with Gasteiger partial charge in [0.15, 0.2) is 0 Å². The molecule has 4 rings (SSSR count). The maximum absolute atomic E-state index is 12.9. The van der Waals surface area contributed by atoms with Crippen molar-refractivity contribution in [2.45, 2.75) is 12.8 Å². The van der Waals surface area contributed by atoms with E-state index in [0.717, 1.165) is 37.8 Å². The summed E-state index contributed by atoms with van der Waals surface area (Å²) in [4.78, 5) is 27.1. The highest BCUT2D eigenvalue weighted by Gasteiger charge is 2.28. The summed E-state index contributed by atoms with van der Waals surface area (Å²) in [7, 11) is 0. The van der Waals surface area contributed by atoms with Crippen LogP contribution in [0.4, 0.5) is 0 Å². The van der Waals surface area contributed by atoms with Gasteiger partial charge in [0, 0.05) is 39.1 Å². The first-order valence-electron chi connectivity index (χ1n) is 8.73. The number of nitrogens with one attached hydrogen (secondary N) is 2. The molecular weight excluding hydrogens is 444 g/mol. The third-order valence-electron chi connectivity index (χ3n) is 4.77. The number of amides is 1. The van der Waals surface area contributed by atoms with E-state index in [1.807, 2.05) is 42.5 Å². The Labute approximate surface area is 174 Å². The topological polar surface area (TPSA) is 82.2 Å². The second-order valence-corrected chi connectivity index (χ2v) is 8.00. The van der Waals surface area contributed by atoms with Crippen LogP contribution in [0.25, 0.3) is 22.0 Å². The number of carboxylic acids is 1. The maximum Gasteiger partial charge on any atom is 0.305 e. The number of fused-ring (bicyclic) bond motifs is 2. The van der Waals surface area contributed by atoms with Crippen LogP contribution in [0.1, 0.15) is 23.2 Å². The molecule has 3 N–H and O–H groups in total. The third kappa shape index (κ3) is 3.57. The second-order valence-electron chi connectivity index (χ2n) is 6.65. The number of rotatable bonds is 5. The lowest BCUT2D eigenvalue weighted by molar-refractivity contribution is -0.136.